The van der Waals surface area contributed by atoms with E-state index < -0.39 is 23.5 Å². The Morgan fingerprint density at radius 3 is 2.32 bits per heavy atom. The van der Waals surface area contributed by atoms with E-state index >= 15 is 0 Å². The van der Waals surface area contributed by atoms with E-state index in [1.807, 2.05) is 6.07 Å². The third-order valence-electron chi connectivity index (χ3n) is 3.29. The van der Waals surface area contributed by atoms with E-state index in [1.54, 1.807) is 31.2 Å². The molecule has 0 saturated carbocycles. The van der Waals surface area contributed by atoms with Crippen molar-refractivity contribution in [2.75, 3.05) is 6.61 Å². The molecule has 1 aromatic rings. The van der Waals surface area contributed by atoms with Gasteiger partial charge in [-0.2, -0.15) is 0 Å². The van der Waals surface area contributed by atoms with Gasteiger partial charge in [-0.05, 0) is 32.4 Å². The van der Waals surface area contributed by atoms with Crippen LogP contribution in [0.3, 0.4) is 0 Å². The lowest BCUT2D eigenvalue weighted by molar-refractivity contribution is -0.145. The maximum absolute atomic E-state index is 10.8. The second-order valence-electron chi connectivity index (χ2n) is 5.35. The first kappa shape index (κ1) is 20.0. The molecule has 0 bridgehead atoms. The molecule has 0 heterocycles. The van der Waals surface area contributed by atoms with Gasteiger partial charge in [-0.25, -0.2) is 9.59 Å². The van der Waals surface area contributed by atoms with Gasteiger partial charge >= 0.3 is 18.1 Å². The second-order valence-corrected chi connectivity index (χ2v) is 5.35. The van der Waals surface area contributed by atoms with Gasteiger partial charge in [0.2, 0.25) is 0 Å². The first-order chi connectivity index (χ1) is 11.8. The lowest BCUT2D eigenvalue weighted by atomic mass is 9.80. The van der Waals surface area contributed by atoms with Crippen molar-refractivity contribution in [3.8, 4) is 5.75 Å². The normalized spacial score (nSPS) is 18.2. The summed E-state index contributed by atoms with van der Waals surface area (Å²) in [5.74, 6) is -1.57. The zero-order valence-electron chi connectivity index (χ0n) is 14.0. The van der Waals surface area contributed by atoms with Crippen molar-refractivity contribution in [3.63, 3.8) is 0 Å². The zero-order valence-corrected chi connectivity index (χ0v) is 14.0. The molecule has 1 aliphatic rings. The minimum Gasteiger partial charge on any atom is -0.481 e. The Balaban J connectivity index is 0.000000251. The molecule has 134 valence electrons. The van der Waals surface area contributed by atoms with Crippen molar-refractivity contribution < 1.29 is 34.1 Å². The lowest BCUT2D eigenvalue weighted by Gasteiger charge is -2.23. The molecule has 7 nitrogen and oxygen atoms in total. The van der Waals surface area contributed by atoms with Crippen LogP contribution in [-0.2, 0) is 14.3 Å². The Morgan fingerprint density at radius 2 is 1.80 bits per heavy atom. The van der Waals surface area contributed by atoms with Crippen LogP contribution in [0, 0.1) is 5.41 Å². The molecule has 0 aromatic heterocycles. The largest absolute Gasteiger partial charge is 0.513 e. The Labute approximate surface area is 145 Å². The van der Waals surface area contributed by atoms with Crippen LogP contribution in [0.5, 0.6) is 5.75 Å². The summed E-state index contributed by atoms with van der Waals surface area (Å²) in [5.41, 5.74) is -0.949. The standard InChI is InChI=1S/C9H10O4.C9H10O3/c1-9(8(12)13)4-2-3-6(5-9)7(10)11;1-2-11-9(10)12-8-6-4-3-5-7-8/h2-4H,5H2,1H3,(H,10,11)(H,12,13);3-7H,2H2,1H3. The molecular weight excluding hydrogens is 328 g/mol. The summed E-state index contributed by atoms with van der Waals surface area (Å²) in [5, 5.41) is 17.5. The molecule has 0 spiro atoms. The van der Waals surface area contributed by atoms with E-state index in [0.717, 1.165) is 0 Å². The Hall–Kier alpha value is -3.09. The van der Waals surface area contributed by atoms with Gasteiger partial charge in [0, 0.05) is 5.57 Å². The van der Waals surface area contributed by atoms with Crippen molar-refractivity contribution in [1.82, 2.24) is 0 Å². The number of aliphatic carboxylic acids is 2. The van der Waals surface area contributed by atoms with Gasteiger partial charge in [-0.3, -0.25) is 4.79 Å². The van der Waals surface area contributed by atoms with Gasteiger partial charge in [-0.15, -0.1) is 0 Å². The minimum absolute atomic E-state index is 0.0359. The van der Waals surface area contributed by atoms with Crippen LogP contribution in [0.4, 0.5) is 4.79 Å². The SMILES string of the molecule is CC1(C(=O)O)C=CC=C(C(=O)O)C1.CCOC(=O)Oc1ccccc1. The number of benzene rings is 1. The van der Waals surface area contributed by atoms with E-state index in [-0.39, 0.29) is 12.0 Å². The fourth-order valence-electron chi connectivity index (χ4n) is 1.92. The van der Waals surface area contributed by atoms with Gasteiger partial charge in [0.25, 0.3) is 0 Å². The first-order valence-electron chi connectivity index (χ1n) is 7.53. The fraction of sp³-hybridized carbons (Fsp3) is 0.278. The highest BCUT2D eigenvalue weighted by Gasteiger charge is 2.34. The summed E-state index contributed by atoms with van der Waals surface area (Å²) in [6.45, 7) is 3.56. The third kappa shape index (κ3) is 6.50. The van der Waals surface area contributed by atoms with Crippen LogP contribution in [0.2, 0.25) is 0 Å². The predicted octanol–water partition coefficient (Wildman–Crippen LogP) is 3.27. The first-order valence-corrected chi connectivity index (χ1v) is 7.53. The molecule has 2 N–H and O–H groups in total. The van der Waals surface area contributed by atoms with E-state index in [0.29, 0.717) is 12.4 Å². The van der Waals surface area contributed by atoms with Gasteiger partial charge in [-0.1, -0.05) is 36.4 Å². The quantitative estimate of drug-likeness (QED) is 0.634. The summed E-state index contributed by atoms with van der Waals surface area (Å²) >= 11 is 0. The number of rotatable bonds is 4. The molecule has 0 amide bonds. The summed E-state index contributed by atoms with van der Waals surface area (Å²) in [4.78, 5) is 32.1. The van der Waals surface area contributed by atoms with Crippen molar-refractivity contribution in [2.24, 2.45) is 5.41 Å². The van der Waals surface area contributed by atoms with E-state index in [1.165, 1.54) is 25.2 Å². The van der Waals surface area contributed by atoms with E-state index in [4.69, 9.17) is 14.9 Å². The van der Waals surface area contributed by atoms with Crippen molar-refractivity contribution in [1.29, 1.82) is 0 Å². The Kier molecular flexibility index (Phi) is 7.40. The monoisotopic (exact) mass is 348 g/mol. The molecule has 0 radical (unpaired) electrons. The smallest absolute Gasteiger partial charge is 0.481 e. The fourth-order valence-corrected chi connectivity index (χ4v) is 1.92. The molecule has 1 aliphatic carbocycles. The molecule has 0 saturated heterocycles. The van der Waals surface area contributed by atoms with Crippen molar-refractivity contribution in [3.05, 3.63) is 54.1 Å². The Bertz CT molecular complexity index is 676. The number of ether oxygens (including phenoxy) is 2. The number of hydrogen-bond donors (Lipinski definition) is 2. The number of carboxylic acid groups (broad SMARTS) is 2. The molecule has 7 heteroatoms. The number of carboxylic acids is 2. The molecule has 0 aliphatic heterocycles. The predicted molar refractivity (Wildman–Crippen MR) is 89.3 cm³/mol. The zero-order chi connectivity index (χ0) is 18.9. The minimum atomic E-state index is -1.08. The number of carbonyl (C=O) groups excluding carboxylic acids is 1. The number of carbonyl (C=O) groups is 3. The highest BCUT2D eigenvalue weighted by atomic mass is 16.7. The van der Waals surface area contributed by atoms with Crippen LogP contribution in [-0.4, -0.2) is 34.9 Å². The number of allylic oxidation sites excluding steroid dienone is 2. The van der Waals surface area contributed by atoms with Gasteiger partial charge < -0.3 is 19.7 Å². The lowest BCUT2D eigenvalue weighted by Crippen LogP contribution is -2.28. The molecule has 0 fully saturated rings. The average Bonchev–Trinajstić information content (AvgIpc) is 2.56. The topological polar surface area (TPSA) is 110 Å². The van der Waals surface area contributed by atoms with Crippen LogP contribution in [0.15, 0.2) is 54.1 Å². The van der Waals surface area contributed by atoms with Crippen LogP contribution in [0.1, 0.15) is 20.3 Å². The molecule has 2 rings (SSSR count). The molecule has 25 heavy (non-hydrogen) atoms. The maximum Gasteiger partial charge on any atom is 0.513 e. The van der Waals surface area contributed by atoms with Gasteiger partial charge in [0.15, 0.2) is 0 Å². The van der Waals surface area contributed by atoms with Gasteiger partial charge in [0.05, 0.1) is 12.0 Å². The van der Waals surface area contributed by atoms with Crippen LogP contribution in [0.25, 0.3) is 0 Å². The molecule has 1 unspecified atom stereocenters. The second kappa shape index (κ2) is 9.27. The maximum atomic E-state index is 10.8. The summed E-state index contributed by atoms with van der Waals surface area (Å²) in [6.07, 6.45) is 3.77. The van der Waals surface area contributed by atoms with Crippen LogP contribution >= 0.6 is 0 Å². The molecule has 1 aromatic carbocycles. The van der Waals surface area contributed by atoms with E-state index in [9.17, 15) is 14.4 Å². The molecular formula is C18H20O7. The summed E-state index contributed by atoms with van der Waals surface area (Å²) < 4.78 is 9.38. The summed E-state index contributed by atoms with van der Waals surface area (Å²) in [6, 6.07) is 8.80. The van der Waals surface area contributed by atoms with Crippen molar-refractivity contribution >= 4 is 18.1 Å². The van der Waals surface area contributed by atoms with Crippen molar-refractivity contribution in [2.45, 2.75) is 20.3 Å². The third-order valence-corrected chi connectivity index (χ3v) is 3.29. The average molecular weight is 348 g/mol. The number of hydrogen-bond acceptors (Lipinski definition) is 5. The van der Waals surface area contributed by atoms with Crippen LogP contribution < -0.4 is 4.74 Å². The van der Waals surface area contributed by atoms with E-state index in [2.05, 4.69) is 4.74 Å². The highest BCUT2D eigenvalue weighted by molar-refractivity contribution is 5.90. The van der Waals surface area contributed by atoms with Gasteiger partial charge in [0.1, 0.15) is 5.75 Å². The highest BCUT2D eigenvalue weighted by Crippen LogP contribution is 2.31. The number of para-hydroxylation sites is 1. The molecule has 1 atom stereocenters. The summed E-state index contributed by atoms with van der Waals surface area (Å²) in [7, 11) is 0. The Morgan fingerprint density at radius 1 is 1.16 bits per heavy atom.